The first-order valence-corrected chi connectivity index (χ1v) is 14.1. The van der Waals surface area contributed by atoms with Gasteiger partial charge in [0.15, 0.2) is 0 Å². The monoisotopic (exact) mass is 688 g/mol. The Bertz CT molecular complexity index is 1950. The number of hydrogen-bond acceptors (Lipinski definition) is 8. The second kappa shape index (κ2) is 12.8. The van der Waals surface area contributed by atoms with E-state index in [-0.39, 0.29) is 41.4 Å². The van der Waals surface area contributed by atoms with Crippen LogP contribution in [0.5, 0.6) is 0 Å². The largest absolute Gasteiger partial charge is 0.478 e. The summed E-state index contributed by atoms with van der Waals surface area (Å²) >= 11 is 0. The number of nitrogens with zero attached hydrogens (tertiary/aromatic N) is 8. The lowest BCUT2D eigenvalue weighted by atomic mass is 10.0. The van der Waals surface area contributed by atoms with Gasteiger partial charge in [-0.15, -0.1) is 10.2 Å². The maximum absolute atomic E-state index is 14.0. The fourth-order valence-electron chi connectivity index (χ4n) is 5.02. The summed E-state index contributed by atoms with van der Waals surface area (Å²) in [5.74, 6) is -4.15. The first kappa shape index (κ1) is 34.2. The van der Waals surface area contributed by atoms with E-state index < -0.39 is 63.8 Å². The number of carboxylic acid groups (broad SMARTS) is 2. The molecular formula is C30H22F6N8O5. The van der Waals surface area contributed by atoms with Crippen LogP contribution in [0.25, 0.3) is 34.2 Å². The second-order valence-corrected chi connectivity index (χ2v) is 10.2. The predicted molar refractivity (Wildman–Crippen MR) is 156 cm³/mol. The fraction of sp³-hybridized carbons (Fsp3) is 0.200. The first-order chi connectivity index (χ1) is 23.0. The highest BCUT2D eigenvalue weighted by atomic mass is 19.4. The standard InChI is InChI=1S/C30H22F6N8O5/c1-3-42(4-2)26(45)15-11-18(20-13-43(40-38-20)22-9-5-7-16(27(46)47)24(22)29(31,32)33)37-19(12-15)21-14-44(41-39-21)23-10-6-8-17(28(48)49)25(23)30(34,35)36/h5-14H,3-4H2,1-2H3,(H,46,47)(H,48,49). The number of carboxylic acids is 2. The predicted octanol–water partition coefficient (Wildman–Crippen LogP) is 5.49. The third-order valence-electron chi connectivity index (χ3n) is 7.24. The molecule has 0 bridgehead atoms. The lowest BCUT2D eigenvalue weighted by Gasteiger charge is -2.19. The van der Waals surface area contributed by atoms with Crippen molar-refractivity contribution in [1.29, 1.82) is 0 Å². The minimum absolute atomic E-state index is 0.000472. The molecule has 0 atom stereocenters. The zero-order chi connectivity index (χ0) is 35.8. The normalized spacial score (nSPS) is 11.8. The SMILES string of the molecule is CCN(CC)C(=O)c1cc(-c2cn(-c3cccc(C(=O)O)c3C(F)(F)F)nn2)nc(-c2cn(-c3cccc(C(=O)O)c3C(F)(F)F)nn2)c1. The van der Waals surface area contributed by atoms with Crippen LogP contribution in [-0.2, 0) is 12.4 Å². The van der Waals surface area contributed by atoms with E-state index in [1.165, 1.54) is 17.0 Å². The minimum Gasteiger partial charge on any atom is -0.478 e. The van der Waals surface area contributed by atoms with Crippen LogP contribution in [0.2, 0.25) is 0 Å². The Hall–Kier alpha value is -6.14. The number of rotatable bonds is 9. The molecule has 5 rings (SSSR count). The van der Waals surface area contributed by atoms with Gasteiger partial charge in [-0.1, -0.05) is 22.6 Å². The summed E-state index contributed by atoms with van der Waals surface area (Å²) in [5, 5.41) is 34.0. The molecule has 0 spiro atoms. The number of carbonyl (C=O) groups excluding carboxylic acids is 1. The number of pyridine rings is 1. The number of aromatic carboxylic acids is 2. The Morgan fingerprint density at radius 2 is 1.10 bits per heavy atom. The molecule has 0 saturated carbocycles. The molecule has 1 amide bonds. The van der Waals surface area contributed by atoms with Crippen LogP contribution in [0.4, 0.5) is 26.3 Å². The quantitative estimate of drug-likeness (QED) is 0.189. The van der Waals surface area contributed by atoms with Crippen molar-refractivity contribution in [2.45, 2.75) is 26.2 Å². The van der Waals surface area contributed by atoms with Gasteiger partial charge in [0.05, 0.1) is 57.4 Å². The molecular weight excluding hydrogens is 666 g/mol. The highest BCUT2D eigenvalue weighted by Crippen LogP contribution is 2.38. The number of carbonyl (C=O) groups is 3. The highest BCUT2D eigenvalue weighted by Gasteiger charge is 2.40. The molecule has 0 radical (unpaired) electrons. The molecule has 0 aliphatic rings. The van der Waals surface area contributed by atoms with Crippen molar-refractivity contribution in [3.63, 3.8) is 0 Å². The van der Waals surface area contributed by atoms with Gasteiger partial charge in [0, 0.05) is 18.7 Å². The van der Waals surface area contributed by atoms with Gasteiger partial charge in [0.2, 0.25) is 0 Å². The van der Waals surface area contributed by atoms with Crippen LogP contribution in [0.3, 0.4) is 0 Å². The molecule has 13 nitrogen and oxygen atoms in total. The third-order valence-corrected chi connectivity index (χ3v) is 7.24. The maximum Gasteiger partial charge on any atom is 0.419 e. The molecule has 0 fully saturated rings. The molecule has 19 heteroatoms. The summed E-state index contributed by atoms with van der Waals surface area (Å²) in [4.78, 5) is 42.4. The average Bonchev–Trinajstić information content (AvgIpc) is 3.75. The van der Waals surface area contributed by atoms with Gasteiger partial charge < -0.3 is 15.1 Å². The summed E-state index contributed by atoms with van der Waals surface area (Å²) in [6.07, 6.45) is -8.14. The maximum atomic E-state index is 14.0. The van der Waals surface area contributed by atoms with Crippen LogP contribution < -0.4 is 0 Å². The van der Waals surface area contributed by atoms with E-state index in [0.717, 1.165) is 48.8 Å². The van der Waals surface area contributed by atoms with Crippen LogP contribution >= 0.6 is 0 Å². The Balaban J connectivity index is 1.66. The van der Waals surface area contributed by atoms with Crippen LogP contribution in [-0.4, -0.2) is 81.0 Å². The number of aromatic nitrogens is 7. The number of halogens is 6. The van der Waals surface area contributed by atoms with E-state index in [2.05, 4.69) is 25.6 Å². The van der Waals surface area contributed by atoms with Crippen molar-refractivity contribution < 1.29 is 50.9 Å². The van der Waals surface area contributed by atoms with E-state index in [1.54, 1.807) is 13.8 Å². The summed E-state index contributed by atoms with van der Waals surface area (Å²) in [6.45, 7) is 4.01. The zero-order valence-electron chi connectivity index (χ0n) is 25.2. The fourth-order valence-corrected chi connectivity index (χ4v) is 5.02. The van der Waals surface area contributed by atoms with E-state index in [4.69, 9.17) is 0 Å². The van der Waals surface area contributed by atoms with Crippen molar-refractivity contribution in [1.82, 2.24) is 39.9 Å². The number of alkyl halides is 6. The molecule has 0 saturated heterocycles. The van der Waals surface area contributed by atoms with Crippen molar-refractivity contribution in [3.8, 4) is 34.2 Å². The van der Waals surface area contributed by atoms with Crippen molar-refractivity contribution in [2.24, 2.45) is 0 Å². The van der Waals surface area contributed by atoms with Crippen molar-refractivity contribution in [3.05, 3.63) is 88.7 Å². The Labute approximate surface area is 271 Å². The van der Waals surface area contributed by atoms with Gasteiger partial charge in [0.25, 0.3) is 5.91 Å². The first-order valence-electron chi connectivity index (χ1n) is 14.1. The van der Waals surface area contributed by atoms with Gasteiger partial charge in [-0.05, 0) is 50.2 Å². The summed E-state index contributed by atoms with van der Waals surface area (Å²) in [6, 6.07) is 8.28. The van der Waals surface area contributed by atoms with Crippen LogP contribution in [0.1, 0.15) is 56.0 Å². The average molecular weight is 689 g/mol. The molecule has 49 heavy (non-hydrogen) atoms. The third kappa shape index (κ3) is 6.67. The topological polar surface area (TPSA) is 169 Å². The summed E-state index contributed by atoms with van der Waals surface area (Å²) < 4.78 is 85.4. The Kier molecular flexibility index (Phi) is 8.94. The van der Waals surface area contributed by atoms with E-state index in [0.29, 0.717) is 9.36 Å². The molecule has 2 N–H and O–H groups in total. The number of amides is 1. The lowest BCUT2D eigenvalue weighted by molar-refractivity contribution is -0.138. The number of benzene rings is 2. The van der Waals surface area contributed by atoms with Crippen molar-refractivity contribution >= 4 is 17.8 Å². The molecule has 3 heterocycles. The Morgan fingerprint density at radius 3 is 1.45 bits per heavy atom. The zero-order valence-corrected chi connectivity index (χ0v) is 25.2. The molecule has 5 aromatic rings. The smallest absolute Gasteiger partial charge is 0.419 e. The molecule has 254 valence electrons. The van der Waals surface area contributed by atoms with Gasteiger partial charge in [-0.3, -0.25) is 4.79 Å². The highest BCUT2D eigenvalue weighted by molar-refractivity contribution is 5.96. The van der Waals surface area contributed by atoms with E-state index >= 15 is 0 Å². The van der Waals surface area contributed by atoms with E-state index in [9.17, 15) is 50.9 Å². The summed E-state index contributed by atoms with van der Waals surface area (Å²) in [7, 11) is 0. The summed E-state index contributed by atoms with van der Waals surface area (Å²) in [5.41, 5.74) is -6.89. The van der Waals surface area contributed by atoms with Gasteiger partial charge >= 0.3 is 24.3 Å². The van der Waals surface area contributed by atoms with Crippen LogP contribution in [0, 0.1) is 0 Å². The Morgan fingerprint density at radius 1 is 0.694 bits per heavy atom. The molecule has 0 aliphatic carbocycles. The number of hydrogen-bond donors (Lipinski definition) is 2. The van der Waals surface area contributed by atoms with Gasteiger partial charge in [-0.2, -0.15) is 26.3 Å². The molecule has 0 unspecified atom stereocenters. The minimum atomic E-state index is -5.10. The van der Waals surface area contributed by atoms with Crippen LogP contribution in [0.15, 0.2) is 60.9 Å². The molecule has 2 aromatic carbocycles. The molecule has 0 aliphatic heterocycles. The molecule has 3 aromatic heterocycles. The van der Waals surface area contributed by atoms with E-state index in [1.807, 2.05) is 0 Å². The van der Waals surface area contributed by atoms with Gasteiger partial charge in [0.1, 0.15) is 11.4 Å². The second-order valence-electron chi connectivity index (χ2n) is 10.2. The van der Waals surface area contributed by atoms with Gasteiger partial charge in [-0.25, -0.2) is 23.9 Å². The van der Waals surface area contributed by atoms with Crippen molar-refractivity contribution in [2.75, 3.05) is 13.1 Å². The lowest BCUT2D eigenvalue weighted by Crippen LogP contribution is -2.30.